The molecule has 176 valence electrons. The Kier molecular flexibility index (Phi) is 8.59. The molecule has 2 aromatic rings. The van der Waals surface area contributed by atoms with Gasteiger partial charge in [0, 0.05) is 30.6 Å². The number of carbonyl (C=O) groups excluding carboxylic acids is 2. The third-order valence-corrected chi connectivity index (χ3v) is 5.81. The first-order chi connectivity index (χ1) is 15.5. The van der Waals surface area contributed by atoms with Gasteiger partial charge in [-0.05, 0) is 36.4 Å². The summed E-state index contributed by atoms with van der Waals surface area (Å²) < 4.78 is 39.4. The molecule has 0 spiro atoms. The van der Waals surface area contributed by atoms with E-state index in [4.69, 9.17) is 11.1 Å². The van der Waals surface area contributed by atoms with Crippen molar-refractivity contribution in [3.8, 4) is 0 Å². The molecule has 2 rings (SSSR count). The van der Waals surface area contributed by atoms with E-state index in [1.165, 1.54) is 24.3 Å². The minimum Gasteiger partial charge on any atom is -0.480 e. The highest BCUT2D eigenvalue weighted by Gasteiger charge is 2.26. The summed E-state index contributed by atoms with van der Waals surface area (Å²) in [6.07, 6.45) is -0.186. The third-order valence-electron chi connectivity index (χ3n) is 4.32. The Labute approximate surface area is 188 Å². The highest BCUT2D eigenvalue weighted by molar-refractivity contribution is 7.89. The van der Waals surface area contributed by atoms with Crippen molar-refractivity contribution in [1.29, 1.82) is 5.41 Å². The number of aliphatic carboxylic acids is 1. The summed E-state index contributed by atoms with van der Waals surface area (Å²) in [5.41, 5.74) is 6.09. The van der Waals surface area contributed by atoms with E-state index in [0.29, 0.717) is 11.1 Å². The minimum atomic E-state index is -4.26. The Morgan fingerprint density at radius 1 is 1.00 bits per heavy atom. The summed E-state index contributed by atoms with van der Waals surface area (Å²) in [5.74, 6) is -3.40. The molecule has 0 heterocycles. The topological polar surface area (TPSA) is 192 Å². The number of rotatable bonds is 11. The molecular weight excluding hydrogens is 457 g/mol. The van der Waals surface area contributed by atoms with Crippen LogP contribution in [0, 0.1) is 11.2 Å². The molecule has 2 amide bonds. The van der Waals surface area contributed by atoms with Crippen molar-refractivity contribution in [2.75, 3.05) is 13.1 Å². The smallest absolute Gasteiger partial charge is 0.323 e. The van der Waals surface area contributed by atoms with Crippen molar-refractivity contribution in [3.63, 3.8) is 0 Å². The molecule has 0 fully saturated rings. The van der Waals surface area contributed by atoms with E-state index < -0.39 is 46.2 Å². The summed E-state index contributed by atoms with van der Waals surface area (Å²) >= 11 is 0. The molecule has 1 atom stereocenters. The van der Waals surface area contributed by atoms with E-state index in [2.05, 4.69) is 10.6 Å². The average molecular weight is 479 g/mol. The van der Waals surface area contributed by atoms with Crippen molar-refractivity contribution in [3.05, 3.63) is 65.5 Å². The number of hydrogen-bond acceptors (Lipinski definition) is 6. The second kappa shape index (κ2) is 11.2. The van der Waals surface area contributed by atoms with E-state index in [-0.39, 0.29) is 23.7 Å². The van der Waals surface area contributed by atoms with Crippen LogP contribution in [0.25, 0.3) is 0 Å². The molecule has 0 saturated heterocycles. The predicted molar refractivity (Wildman–Crippen MR) is 116 cm³/mol. The highest BCUT2D eigenvalue weighted by Crippen LogP contribution is 2.10. The number of carboxylic acid groups (broad SMARTS) is 1. The van der Waals surface area contributed by atoms with Gasteiger partial charge in [0.2, 0.25) is 15.9 Å². The maximum absolute atomic E-state index is 13.0. The van der Waals surface area contributed by atoms with E-state index >= 15 is 0 Å². The first kappa shape index (κ1) is 25.4. The van der Waals surface area contributed by atoms with Crippen molar-refractivity contribution >= 4 is 33.6 Å². The van der Waals surface area contributed by atoms with Gasteiger partial charge in [0.1, 0.15) is 17.7 Å². The molecule has 0 aliphatic heterocycles. The number of nitrogens with one attached hydrogen (secondary N) is 4. The normalized spacial score (nSPS) is 11.9. The molecule has 0 aromatic heterocycles. The number of sulfonamides is 1. The van der Waals surface area contributed by atoms with Crippen LogP contribution in [0.5, 0.6) is 0 Å². The van der Waals surface area contributed by atoms with Crippen LogP contribution >= 0.6 is 0 Å². The lowest BCUT2D eigenvalue weighted by molar-refractivity contribution is -0.138. The van der Waals surface area contributed by atoms with Gasteiger partial charge < -0.3 is 21.5 Å². The first-order valence-corrected chi connectivity index (χ1v) is 11.0. The number of amidine groups is 1. The molecule has 11 nitrogen and oxygen atoms in total. The fourth-order valence-corrected chi connectivity index (χ4v) is 3.73. The van der Waals surface area contributed by atoms with Crippen LogP contribution in [-0.4, -0.2) is 56.3 Å². The quantitative estimate of drug-likeness (QED) is 0.189. The van der Waals surface area contributed by atoms with Crippen molar-refractivity contribution in [2.24, 2.45) is 5.73 Å². The van der Waals surface area contributed by atoms with Gasteiger partial charge in [0.25, 0.3) is 5.91 Å². The SMILES string of the molecule is N=C(N)c1ccc(C(=O)NCCC(=O)NC[C@H](NS(=O)(=O)c2ccc(F)cc2)C(=O)O)cc1. The van der Waals surface area contributed by atoms with Crippen molar-refractivity contribution in [1.82, 2.24) is 15.4 Å². The van der Waals surface area contributed by atoms with Crippen LogP contribution in [-0.2, 0) is 19.6 Å². The van der Waals surface area contributed by atoms with Gasteiger partial charge in [0.15, 0.2) is 0 Å². The zero-order valence-corrected chi connectivity index (χ0v) is 18.0. The van der Waals surface area contributed by atoms with Gasteiger partial charge in [-0.25, -0.2) is 12.8 Å². The number of nitrogens with two attached hydrogens (primary N) is 1. The molecule has 0 bridgehead atoms. The van der Waals surface area contributed by atoms with Crippen molar-refractivity contribution < 1.29 is 32.3 Å². The van der Waals surface area contributed by atoms with E-state index in [1.54, 1.807) is 0 Å². The zero-order valence-electron chi connectivity index (χ0n) is 17.2. The largest absolute Gasteiger partial charge is 0.480 e. The van der Waals surface area contributed by atoms with E-state index in [1.807, 2.05) is 4.72 Å². The predicted octanol–water partition coefficient (Wildman–Crippen LogP) is -0.222. The highest BCUT2D eigenvalue weighted by atomic mass is 32.2. The number of halogens is 1. The number of amides is 2. The Bertz CT molecular complexity index is 1140. The number of hydrogen-bond donors (Lipinski definition) is 6. The summed E-state index contributed by atoms with van der Waals surface area (Å²) in [6, 6.07) is 8.06. The standard InChI is InChI=1S/C20H22FN5O6S/c21-14-5-7-15(8-6-14)33(31,32)26-16(20(29)30)11-25-17(27)9-10-24-19(28)13-3-1-12(2-4-13)18(22)23/h1-8,16,26H,9-11H2,(H3,22,23)(H,24,28)(H,25,27)(H,29,30)/t16-/m0/s1. The van der Waals surface area contributed by atoms with E-state index in [0.717, 1.165) is 24.3 Å². The number of carbonyl (C=O) groups is 3. The molecule has 0 unspecified atom stereocenters. The van der Waals surface area contributed by atoms with Gasteiger partial charge >= 0.3 is 5.97 Å². The number of benzene rings is 2. The fourth-order valence-electron chi connectivity index (χ4n) is 2.55. The summed E-state index contributed by atoms with van der Waals surface area (Å²) in [7, 11) is -4.26. The van der Waals surface area contributed by atoms with Crippen LogP contribution in [0.15, 0.2) is 53.4 Å². The van der Waals surface area contributed by atoms with Gasteiger partial charge in [-0.15, -0.1) is 0 Å². The molecule has 0 radical (unpaired) electrons. The second-order valence-corrected chi connectivity index (χ2v) is 8.48. The van der Waals surface area contributed by atoms with Crippen LogP contribution < -0.4 is 21.1 Å². The molecule has 0 aliphatic carbocycles. The van der Waals surface area contributed by atoms with Crippen LogP contribution in [0.4, 0.5) is 4.39 Å². The van der Waals surface area contributed by atoms with Crippen LogP contribution in [0.1, 0.15) is 22.3 Å². The molecule has 33 heavy (non-hydrogen) atoms. The van der Waals surface area contributed by atoms with Gasteiger partial charge in [-0.1, -0.05) is 12.1 Å². The molecule has 0 aliphatic rings. The van der Waals surface area contributed by atoms with Crippen LogP contribution in [0.3, 0.4) is 0 Å². The Morgan fingerprint density at radius 2 is 1.58 bits per heavy atom. The molecule has 7 N–H and O–H groups in total. The Hall–Kier alpha value is -3.84. The monoisotopic (exact) mass is 479 g/mol. The summed E-state index contributed by atoms with van der Waals surface area (Å²) in [4.78, 5) is 35.1. The fraction of sp³-hybridized carbons (Fsp3) is 0.200. The Balaban J connectivity index is 1.83. The zero-order chi connectivity index (χ0) is 24.6. The first-order valence-electron chi connectivity index (χ1n) is 9.49. The minimum absolute atomic E-state index is 0.0574. The van der Waals surface area contributed by atoms with E-state index in [9.17, 15) is 32.3 Å². The molecule has 13 heteroatoms. The lowest BCUT2D eigenvalue weighted by Crippen LogP contribution is -2.48. The maximum Gasteiger partial charge on any atom is 0.323 e. The third kappa shape index (κ3) is 7.66. The maximum atomic E-state index is 13.0. The molecule has 2 aromatic carbocycles. The summed E-state index contributed by atoms with van der Waals surface area (Å²) in [6.45, 7) is -0.604. The average Bonchev–Trinajstić information content (AvgIpc) is 2.76. The lowest BCUT2D eigenvalue weighted by Gasteiger charge is -2.16. The lowest BCUT2D eigenvalue weighted by atomic mass is 10.1. The molecule has 0 saturated carbocycles. The Morgan fingerprint density at radius 3 is 2.12 bits per heavy atom. The summed E-state index contributed by atoms with van der Waals surface area (Å²) in [5, 5.41) is 21.4. The number of nitrogen functional groups attached to an aromatic ring is 1. The van der Waals surface area contributed by atoms with Gasteiger partial charge in [-0.2, -0.15) is 4.72 Å². The van der Waals surface area contributed by atoms with Gasteiger partial charge in [-0.3, -0.25) is 19.8 Å². The number of carboxylic acids is 1. The van der Waals surface area contributed by atoms with Gasteiger partial charge in [0.05, 0.1) is 4.90 Å². The second-order valence-electron chi connectivity index (χ2n) is 6.77. The van der Waals surface area contributed by atoms with Crippen LogP contribution in [0.2, 0.25) is 0 Å². The van der Waals surface area contributed by atoms with Crippen molar-refractivity contribution in [2.45, 2.75) is 17.4 Å². The molecular formula is C20H22FN5O6S.